The van der Waals surface area contributed by atoms with Crippen LogP contribution in [0.15, 0.2) is 0 Å². The molecule has 1 aliphatic carbocycles. The monoisotopic (exact) mass is 306 g/mol. The Morgan fingerprint density at radius 2 is 2.16 bits per heavy atom. The van der Waals surface area contributed by atoms with Gasteiger partial charge in [-0.25, -0.2) is 0 Å². The number of thioether (sulfide) groups is 1. The summed E-state index contributed by atoms with van der Waals surface area (Å²) in [6, 6.07) is 0.428. The molecule has 1 aliphatic heterocycles. The van der Waals surface area contributed by atoms with Gasteiger partial charge < -0.3 is 10.6 Å². The van der Waals surface area contributed by atoms with Crippen molar-refractivity contribution >= 4 is 30.1 Å². The average molecular weight is 307 g/mol. The van der Waals surface area contributed by atoms with Gasteiger partial charge in [-0.15, -0.1) is 12.4 Å². The van der Waals surface area contributed by atoms with Gasteiger partial charge in [0.15, 0.2) is 0 Å². The van der Waals surface area contributed by atoms with E-state index < -0.39 is 0 Å². The van der Waals surface area contributed by atoms with Gasteiger partial charge in [-0.2, -0.15) is 11.8 Å². The third-order valence-electron chi connectivity index (χ3n) is 4.04. The summed E-state index contributed by atoms with van der Waals surface area (Å²) in [5.74, 6) is 1.69. The van der Waals surface area contributed by atoms with E-state index in [1.165, 1.54) is 31.4 Å². The molecule has 2 N–H and O–H groups in total. The Hall–Kier alpha value is 0.0700. The first kappa shape index (κ1) is 17.1. The Kier molecular flexibility index (Phi) is 8.19. The maximum Gasteiger partial charge on any atom is 0.224 e. The molecule has 1 saturated heterocycles. The molecule has 19 heavy (non-hydrogen) atoms. The lowest BCUT2D eigenvalue weighted by Crippen LogP contribution is -2.46. The molecule has 0 aromatic rings. The fourth-order valence-corrected chi connectivity index (χ4v) is 4.23. The average Bonchev–Trinajstić information content (AvgIpc) is 2.40. The van der Waals surface area contributed by atoms with Crippen LogP contribution in [-0.4, -0.2) is 36.0 Å². The van der Waals surface area contributed by atoms with Crippen LogP contribution in [-0.2, 0) is 4.79 Å². The minimum Gasteiger partial charge on any atom is -0.353 e. The zero-order chi connectivity index (χ0) is 12.8. The molecule has 2 fully saturated rings. The Balaban J connectivity index is 0.00000180. The second kappa shape index (κ2) is 9.09. The summed E-state index contributed by atoms with van der Waals surface area (Å²) in [5, 5.41) is 7.36. The topological polar surface area (TPSA) is 41.1 Å². The summed E-state index contributed by atoms with van der Waals surface area (Å²) in [4.78, 5) is 12.2. The third-order valence-corrected chi connectivity index (χ3v) is 5.28. The molecule has 2 rings (SSSR count). The van der Waals surface area contributed by atoms with Crippen molar-refractivity contribution in [3.63, 3.8) is 0 Å². The van der Waals surface area contributed by atoms with Crippen molar-refractivity contribution in [2.24, 2.45) is 5.92 Å². The second-order valence-electron chi connectivity index (χ2n) is 5.49. The predicted octanol–water partition coefficient (Wildman–Crippen LogP) is 2.59. The van der Waals surface area contributed by atoms with E-state index in [0.29, 0.717) is 6.04 Å². The highest BCUT2D eigenvalue weighted by Gasteiger charge is 2.26. The summed E-state index contributed by atoms with van der Waals surface area (Å²) >= 11 is 2.05. The van der Waals surface area contributed by atoms with E-state index >= 15 is 0 Å². The van der Waals surface area contributed by atoms with Crippen molar-refractivity contribution in [3.05, 3.63) is 0 Å². The quantitative estimate of drug-likeness (QED) is 0.839. The number of piperidine rings is 1. The molecule has 0 spiro atoms. The lowest BCUT2D eigenvalue weighted by molar-refractivity contribution is -0.126. The van der Waals surface area contributed by atoms with Crippen LogP contribution in [0, 0.1) is 5.92 Å². The first-order valence-electron chi connectivity index (χ1n) is 7.42. The van der Waals surface area contributed by atoms with Gasteiger partial charge in [-0.3, -0.25) is 4.79 Å². The van der Waals surface area contributed by atoms with Crippen LogP contribution in [0.4, 0.5) is 0 Å². The summed E-state index contributed by atoms with van der Waals surface area (Å²) in [5.41, 5.74) is 0. The highest BCUT2D eigenvalue weighted by Crippen LogP contribution is 2.28. The molecule has 1 saturated carbocycles. The van der Waals surface area contributed by atoms with Crippen LogP contribution in [0.25, 0.3) is 0 Å². The van der Waals surface area contributed by atoms with Gasteiger partial charge >= 0.3 is 0 Å². The summed E-state index contributed by atoms with van der Waals surface area (Å²) in [6.07, 6.45) is 7.13. The number of rotatable bonds is 4. The van der Waals surface area contributed by atoms with E-state index in [2.05, 4.69) is 29.3 Å². The number of nitrogens with one attached hydrogen (secondary N) is 2. The highest BCUT2D eigenvalue weighted by atomic mass is 35.5. The van der Waals surface area contributed by atoms with Crippen molar-refractivity contribution in [2.45, 2.75) is 56.7 Å². The van der Waals surface area contributed by atoms with Gasteiger partial charge in [0.2, 0.25) is 5.91 Å². The predicted molar refractivity (Wildman–Crippen MR) is 85.2 cm³/mol. The molecule has 3 unspecified atom stereocenters. The van der Waals surface area contributed by atoms with Crippen LogP contribution < -0.4 is 10.6 Å². The maximum absolute atomic E-state index is 12.2. The minimum atomic E-state index is 0. The van der Waals surface area contributed by atoms with Gasteiger partial charge in [0.1, 0.15) is 0 Å². The Labute approximate surface area is 127 Å². The van der Waals surface area contributed by atoms with Crippen LogP contribution in [0.1, 0.15) is 45.4 Å². The second-order valence-corrected chi connectivity index (χ2v) is 7.07. The minimum absolute atomic E-state index is 0. The van der Waals surface area contributed by atoms with Gasteiger partial charge in [0.05, 0.1) is 5.92 Å². The van der Waals surface area contributed by atoms with Gasteiger partial charge in [0, 0.05) is 17.8 Å². The summed E-state index contributed by atoms with van der Waals surface area (Å²) in [6.45, 7) is 4.16. The molecule has 0 bridgehead atoms. The zero-order valence-electron chi connectivity index (χ0n) is 11.8. The molecule has 0 aromatic heterocycles. The lowest BCUT2D eigenvalue weighted by atomic mass is 9.93. The first-order chi connectivity index (χ1) is 8.79. The molecule has 3 atom stereocenters. The van der Waals surface area contributed by atoms with E-state index in [1.807, 2.05) is 0 Å². The number of halogens is 1. The van der Waals surface area contributed by atoms with E-state index in [4.69, 9.17) is 0 Å². The summed E-state index contributed by atoms with van der Waals surface area (Å²) in [7, 11) is 0. The standard InChI is InChI=1S/C14H26N2OS.ClH/c1-2-18-13-7-3-6-12(9-13)16-14(17)11-5-4-8-15-10-11;/h11-13,15H,2-10H2,1H3,(H,16,17);1H. The van der Waals surface area contributed by atoms with E-state index in [9.17, 15) is 4.79 Å². The molecule has 5 heteroatoms. The van der Waals surface area contributed by atoms with Gasteiger partial charge in [-0.1, -0.05) is 13.3 Å². The van der Waals surface area contributed by atoms with E-state index in [1.54, 1.807) is 0 Å². The fraction of sp³-hybridized carbons (Fsp3) is 0.929. The van der Waals surface area contributed by atoms with Crippen LogP contribution in [0.2, 0.25) is 0 Å². The normalized spacial score (nSPS) is 31.3. The molecule has 3 nitrogen and oxygen atoms in total. The van der Waals surface area contributed by atoms with Crippen LogP contribution >= 0.6 is 24.2 Å². The molecule has 112 valence electrons. The Morgan fingerprint density at radius 3 is 2.84 bits per heavy atom. The smallest absolute Gasteiger partial charge is 0.224 e. The number of amides is 1. The number of hydrogen-bond acceptors (Lipinski definition) is 3. The zero-order valence-corrected chi connectivity index (χ0v) is 13.5. The van der Waals surface area contributed by atoms with Crippen LogP contribution in [0.5, 0.6) is 0 Å². The number of carbonyl (C=O) groups excluding carboxylic acids is 1. The maximum atomic E-state index is 12.2. The molecule has 0 radical (unpaired) electrons. The van der Waals surface area contributed by atoms with Crippen molar-refractivity contribution in [2.75, 3.05) is 18.8 Å². The number of hydrogen-bond donors (Lipinski definition) is 2. The molecule has 1 amide bonds. The van der Waals surface area contributed by atoms with E-state index in [-0.39, 0.29) is 24.2 Å². The van der Waals surface area contributed by atoms with Crippen LogP contribution in [0.3, 0.4) is 0 Å². The third kappa shape index (κ3) is 5.52. The molecule has 1 heterocycles. The van der Waals surface area contributed by atoms with Gasteiger partial charge in [0.25, 0.3) is 0 Å². The van der Waals surface area contributed by atoms with Crippen molar-refractivity contribution < 1.29 is 4.79 Å². The largest absolute Gasteiger partial charge is 0.353 e. The van der Waals surface area contributed by atoms with Crippen molar-refractivity contribution in [3.8, 4) is 0 Å². The number of carbonyl (C=O) groups is 1. The Morgan fingerprint density at radius 1 is 1.32 bits per heavy atom. The molecule has 0 aromatic carbocycles. The lowest BCUT2D eigenvalue weighted by Gasteiger charge is -2.31. The Bertz CT molecular complexity index is 270. The van der Waals surface area contributed by atoms with E-state index in [0.717, 1.165) is 31.2 Å². The van der Waals surface area contributed by atoms with Crippen molar-refractivity contribution in [1.29, 1.82) is 0 Å². The highest BCUT2D eigenvalue weighted by molar-refractivity contribution is 7.99. The van der Waals surface area contributed by atoms with Gasteiger partial charge in [-0.05, 0) is 44.4 Å². The molecule has 2 aliphatic rings. The SMILES string of the molecule is CCSC1CCCC(NC(=O)C2CCCNC2)C1.Cl. The molecular weight excluding hydrogens is 280 g/mol. The first-order valence-corrected chi connectivity index (χ1v) is 8.47. The summed E-state index contributed by atoms with van der Waals surface area (Å²) < 4.78 is 0. The molecular formula is C14H27ClN2OS. The van der Waals surface area contributed by atoms with Crippen molar-refractivity contribution in [1.82, 2.24) is 10.6 Å². The fourth-order valence-electron chi connectivity index (χ4n) is 3.06.